The molecule has 0 aromatic carbocycles. The molecule has 96 valence electrons. The quantitative estimate of drug-likeness (QED) is 0.801. The Morgan fingerprint density at radius 3 is 2.78 bits per heavy atom. The van der Waals surface area contributed by atoms with Crippen molar-refractivity contribution >= 4 is 34.8 Å². The molecule has 0 atom stereocenters. The molecule has 0 bridgehead atoms. The second-order valence-corrected chi connectivity index (χ2v) is 4.80. The molecule has 1 aromatic rings. The summed E-state index contributed by atoms with van der Waals surface area (Å²) in [5.41, 5.74) is 1.46. The summed E-state index contributed by atoms with van der Waals surface area (Å²) < 4.78 is 0. The standard InChI is InChI=1S/C12H13Cl2N3O/c1-2-7-17-11(18)6-5-10(16-17)9-4-3-8(13)12(14)15-9/h3-4H,2,5-7H2,1H3. The molecule has 0 fully saturated rings. The van der Waals surface area contributed by atoms with Gasteiger partial charge >= 0.3 is 0 Å². The molecule has 1 amide bonds. The van der Waals surface area contributed by atoms with E-state index in [1.807, 2.05) is 6.92 Å². The van der Waals surface area contributed by atoms with Crippen molar-refractivity contribution in [1.29, 1.82) is 0 Å². The maximum absolute atomic E-state index is 11.6. The number of amides is 1. The van der Waals surface area contributed by atoms with E-state index in [1.165, 1.54) is 5.01 Å². The highest BCUT2D eigenvalue weighted by atomic mass is 35.5. The van der Waals surface area contributed by atoms with E-state index in [0.29, 0.717) is 30.1 Å². The highest BCUT2D eigenvalue weighted by Gasteiger charge is 2.21. The number of hydrogen-bond acceptors (Lipinski definition) is 3. The molecule has 0 radical (unpaired) electrons. The lowest BCUT2D eigenvalue weighted by Gasteiger charge is -2.22. The average molecular weight is 286 g/mol. The normalized spacial score (nSPS) is 15.8. The fraction of sp³-hybridized carbons (Fsp3) is 0.417. The summed E-state index contributed by atoms with van der Waals surface area (Å²) in [4.78, 5) is 15.8. The Morgan fingerprint density at radius 1 is 1.33 bits per heavy atom. The lowest BCUT2D eigenvalue weighted by atomic mass is 10.1. The van der Waals surface area contributed by atoms with Gasteiger partial charge in [0, 0.05) is 19.4 Å². The number of halogens is 2. The van der Waals surface area contributed by atoms with Gasteiger partial charge in [0.2, 0.25) is 5.91 Å². The number of hydrazone groups is 1. The molecular formula is C12H13Cl2N3O. The molecule has 4 nitrogen and oxygen atoms in total. The highest BCUT2D eigenvalue weighted by Crippen LogP contribution is 2.21. The van der Waals surface area contributed by atoms with Gasteiger partial charge in [-0.2, -0.15) is 5.10 Å². The number of carbonyl (C=O) groups is 1. The zero-order chi connectivity index (χ0) is 13.1. The molecule has 0 saturated heterocycles. The van der Waals surface area contributed by atoms with E-state index in [9.17, 15) is 4.79 Å². The molecule has 1 aliphatic rings. The fourth-order valence-corrected chi connectivity index (χ4v) is 2.01. The van der Waals surface area contributed by atoms with Crippen molar-refractivity contribution < 1.29 is 4.79 Å². The summed E-state index contributed by atoms with van der Waals surface area (Å²) in [7, 11) is 0. The van der Waals surface area contributed by atoms with E-state index in [2.05, 4.69) is 10.1 Å². The van der Waals surface area contributed by atoms with Crippen LogP contribution in [0.2, 0.25) is 10.2 Å². The molecule has 0 spiro atoms. The van der Waals surface area contributed by atoms with E-state index in [-0.39, 0.29) is 11.1 Å². The minimum absolute atomic E-state index is 0.0562. The number of pyridine rings is 1. The Balaban J connectivity index is 2.29. The second-order valence-electron chi connectivity index (χ2n) is 4.03. The first-order valence-electron chi connectivity index (χ1n) is 5.82. The molecule has 0 aliphatic carbocycles. The molecule has 1 aliphatic heterocycles. The number of aromatic nitrogens is 1. The predicted octanol–water partition coefficient (Wildman–Crippen LogP) is 3.12. The monoisotopic (exact) mass is 285 g/mol. The van der Waals surface area contributed by atoms with Gasteiger partial charge in [0.05, 0.1) is 16.4 Å². The van der Waals surface area contributed by atoms with Crippen LogP contribution in [0.5, 0.6) is 0 Å². The van der Waals surface area contributed by atoms with Crippen molar-refractivity contribution in [3.8, 4) is 0 Å². The Labute approximate surface area is 116 Å². The molecular weight excluding hydrogens is 273 g/mol. The van der Waals surface area contributed by atoms with Gasteiger partial charge in [-0.3, -0.25) is 4.79 Å². The topological polar surface area (TPSA) is 45.6 Å². The summed E-state index contributed by atoms with van der Waals surface area (Å²) in [5, 5.41) is 6.51. The van der Waals surface area contributed by atoms with Crippen molar-refractivity contribution in [1.82, 2.24) is 9.99 Å². The van der Waals surface area contributed by atoms with Crippen LogP contribution >= 0.6 is 23.2 Å². The summed E-state index contributed by atoms with van der Waals surface area (Å²) in [6.45, 7) is 2.64. The van der Waals surface area contributed by atoms with Crippen molar-refractivity contribution in [2.24, 2.45) is 5.10 Å². The van der Waals surface area contributed by atoms with Gasteiger partial charge in [-0.05, 0) is 18.6 Å². The number of hydrogen-bond donors (Lipinski definition) is 0. The van der Waals surface area contributed by atoms with Gasteiger partial charge in [0.25, 0.3) is 0 Å². The minimum atomic E-state index is 0.0562. The van der Waals surface area contributed by atoms with Gasteiger partial charge < -0.3 is 0 Å². The smallest absolute Gasteiger partial charge is 0.243 e. The molecule has 0 saturated carbocycles. The molecule has 2 heterocycles. The van der Waals surface area contributed by atoms with Crippen LogP contribution in [0.15, 0.2) is 17.2 Å². The van der Waals surface area contributed by atoms with Crippen LogP contribution in [-0.2, 0) is 4.79 Å². The SMILES string of the molecule is CCCN1N=C(c2ccc(Cl)c(Cl)n2)CCC1=O. The molecule has 1 aromatic heterocycles. The van der Waals surface area contributed by atoms with Gasteiger partial charge in [-0.1, -0.05) is 30.1 Å². The fourth-order valence-electron chi connectivity index (χ4n) is 1.75. The van der Waals surface area contributed by atoms with Crippen LogP contribution in [0, 0.1) is 0 Å². The molecule has 2 rings (SSSR count). The zero-order valence-electron chi connectivity index (χ0n) is 9.99. The zero-order valence-corrected chi connectivity index (χ0v) is 11.5. The van der Waals surface area contributed by atoms with Gasteiger partial charge in [0.1, 0.15) is 5.15 Å². The molecule has 6 heteroatoms. The van der Waals surface area contributed by atoms with E-state index >= 15 is 0 Å². The Hall–Kier alpha value is -1.13. The first kappa shape index (κ1) is 13.3. The van der Waals surface area contributed by atoms with E-state index in [0.717, 1.165) is 12.1 Å². The average Bonchev–Trinajstić information content (AvgIpc) is 2.36. The maximum atomic E-state index is 11.6. The van der Waals surface area contributed by atoms with Crippen LogP contribution in [0.3, 0.4) is 0 Å². The Kier molecular flexibility index (Phi) is 4.19. The van der Waals surface area contributed by atoms with E-state index < -0.39 is 0 Å². The Bertz CT molecular complexity index is 502. The second kappa shape index (κ2) is 5.67. The van der Waals surface area contributed by atoms with E-state index in [1.54, 1.807) is 12.1 Å². The van der Waals surface area contributed by atoms with Crippen molar-refractivity contribution in [2.45, 2.75) is 26.2 Å². The van der Waals surface area contributed by atoms with Crippen molar-refractivity contribution in [3.05, 3.63) is 28.0 Å². The van der Waals surface area contributed by atoms with E-state index in [4.69, 9.17) is 23.2 Å². The summed E-state index contributed by atoms with van der Waals surface area (Å²) in [6, 6.07) is 3.46. The van der Waals surface area contributed by atoms with Crippen molar-refractivity contribution in [2.75, 3.05) is 6.54 Å². The minimum Gasteiger partial charge on any atom is -0.273 e. The van der Waals surface area contributed by atoms with Gasteiger partial charge in [-0.25, -0.2) is 9.99 Å². The van der Waals surface area contributed by atoms with Crippen LogP contribution < -0.4 is 0 Å². The molecule has 18 heavy (non-hydrogen) atoms. The van der Waals surface area contributed by atoms with Crippen LogP contribution in [0.4, 0.5) is 0 Å². The number of nitrogens with zero attached hydrogens (tertiary/aromatic N) is 3. The van der Waals surface area contributed by atoms with Crippen molar-refractivity contribution in [3.63, 3.8) is 0 Å². The van der Waals surface area contributed by atoms with Gasteiger partial charge in [-0.15, -0.1) is 0 Å². The third-order valence-electron chi connectivity index (χ3n) is 2.64. The van der Waals surface area contributed by atoms with Crippen LogP contribution in [0.1, 0.15) is 31.9 Å². The first-order valence-corrected chi connectivity index (χ1v) is 6.57. The maximum Gasteiger partial charge on any atom is 0.243 e. The molecule has 0 N–H and O–H groups in total. The predicted molar refractivity (Wildman–Crippen MR) is 72.0 cm³/mol. The molecule has 0 unspecified atom stereocenters. The number of carbonyl (C=O) groups excluding carboxylic acids is 1. The largest absolute Gasteiger partial charge is 0.273 e. The number of rotatable bonds is 3. The summed E-state index contributed by atoms with van der Waals surface area (Å²) in [6.07, 6.45) is 1.92. The van der Waals surface area contributed by atoms with Crippen LogP contribution in [-0.4, -0.2) is 28.2 Å². The summed E-state index contributed by atoms with van der Waals surface area (Å²) >= 11 is 11.7. The lowest BCUT2D eigenvalue weighted by molar-refractivity contribution is -0.131. The highest BCUT2D eigenvalue weighted by molar-refractivity contribution is 6.41. The Morgan fingerprint density at radius 2 is 2.11 bits per heavy atom. The lowest BCUT2D eigenvalue weighted by Crippen LogP contribution is -2.32. The summed E-state index contributed by atoms with van der Waals surface area (Å²) in [5.74, 6) is 0.0562. The van der Waals surface area contributed by atoms with Crippen LogP contribution in [0.25, 0.3) is 0 Å². The third-order valence-corrected chi connectivity index (χ3v) is 3.33. The first-order chi connectivity index (χ1) is 8.61. The third kappa shape index (κ3) is 2.82. The van der Waals surface area contributed by atoms with Gasteiger partial charge in [0.15, 0.2) is 0 Å².